The van der Waals surface area contributed by atoms with Crippen LogP contribution in [0, 0.1) is 0 Å². The Kier molecular flexibility index (Phi) is 13.5. The van der Waals surface area contributed by atoms with E-state index < -0.39 is 66.4 Å². The van der Waals surface area contributed by atoms with E-state index in [9.17, 15) is 29.1 Å². The van der Waals surface area contributed by atoms with Gasteiger partial charge < -0.3 is 48.5 Å². The van der Waals surface area contributed by atoms with Crippen molar-refractivity contribution in [2.75, 3.05) is 12.3 Å². The van der Waals surface area contributed by atoms with Crippen LogP contribution in [-0.4, -0.2) is 93.5 Å². The summed E-state index contributed by atoms with van der Waals surface area (Å²) in [5.74, 6) is -6.11. The number of aliphatic hydroxyl groups is 1. The Morgan fingerprint density at radius 1 is 0.970 bits per heavy atom. The molecule has 3 amide bonds. The van der Waals surface area contributed by atoms with Crippen LogP contribution in [0.25, 0.3) is 0 Å². The molecule has 188 valence electrons. The molecular weight excluding hydrogens is 462 g/mol. The van der Waals surface area contributed by atoms with Crippen molar-refractivity contribution in [3.8, 4) is 0 Å². The summed E-state index contributed by atoms with van der Waals surface area (Å²) in [6.07, 6.45) is -1.79. The summed E-state index contributed by atoms with van der Waals surface area (Å²) >= 11 is 3.98. The molecule has 0 rings (SSSR count). The summed E-state index contributed by atoms with van der Waals surface area (Å²) in [6.45, 7) is 1.41. The topological polar surface area (TPSA) is 273 Å². The number of carbonyl (C=O) groups excluding carboxylic acids is 3. The predicted octanol–water partition coefficient (Wildman–Crippen LogP) is -4.31. The zero-order valence-corrected chi connectivity index (χ0v) is 18.8. The van der Waals surface area contributed by atoms with Crippen LogP contribution in [0.3, 0.4) is 0 Å². The van der Waals surface area contributed by atoms with E-state index >= 15 is 0 Å². The number of carbonyl (C=O) groups is 5. The highest BCUT2D eigenvalue weighted by molar-refractivity contribution is 7.80. The van der Waals surface area contributed by atoms with Gasteiger partial charge in [0, 0.05) is 12.3 Å². The van der Waals surface area contributed by atoms with Gasteiger partial charge in [-0.05, 0) is 19.8 Å². The highest BCUT2D eigenvalue weighted by Gasteiger charge is 2.33. The zero-order valence-electron chi connectivity index (χ0n) is 17.9. The molecule has 16 heteroatoms. The van der Waals surface area contributed by atoms with Gasteiger partial charge in [-0.3, -0.25) is 24.2 Å². The largest absolute Gasteiger partial charge is 0.481 e. The van der Waals surface area contributed by atoms with Crippen molar-refractivity contribution in [3.63, 3.8) is 0 Å². The summed E-state index contributed by atoms with van der Waals surface area (Å²) in [6, 6.07) is -5.66. The molecule has 15 nitrogen and oxygen atoms in total. The van der Waals surface area contributed by atoms with E-state index in [1.807, 2.05) is 5.32 Å². The van der Waals surface area contributed by atoms with E-state index in [-0.39, 0.29) is 24.7 Å². The molecule has 0 aliphatic heterocycles. The molecule has 0 bridgehead atoms. The second kappa shape index (κ2) is 14.9. The number of nitrogens with zero attached hydrogens (tertiary/aromatic N) is 1. The fraction of sp³-hybridized carbons (Fsp3) is 0.647. The summed E-state index contributed by atoms with van der Waals surface area (Å²) in [7, 11) is 0. The number of guanidine groups is 1. The Morgan fingerprint density at radius 2 is 1.55 bits per heavy atom. The fourth-order valence-corrected chi connectivity index (χ4v) is 2.68. The van der Waals surface area contributed by atoms with Gasteiger partial charge in [-0.15, -0.1) is 0 Å². The number of nitrogens with one attached hydrogen (secondary N) is 3. The molecule has 0 heterocycles. The lowest BCUT2D eigenvalue weighted by Crippen LogP contribution is -2.60. The third-order valence-electron chi connectivity index (χ3n) is 4.18. The number of aliphatic imine (C=N–C) groups is 1. The third kappa shape index (κ3) is 11.9. The van der Waals surface area contributed by atoms with Crippen LogP contribution in [0.4, 0.5) is 0 Å². The monoisotopic (exact) mass is 493 g/mol. The minimum atomic E-state index is -1.79. The Hall–Kier alpha value is -3.11. The lowest BCUT2D eigenvalue weighted by Gasteiger charge is -2.25. The van der Waals surface area contributed by atoms with Crippen LogP contribution < -0.4 is 33.2 Å². The first-order valence-corrected chi connectivity index (χ1v) is 10.4. The van der Waals surface area contributed by atoms with Crippen LogP contribution in [0.1, 0.15) is 26.2 Å². The Balaban J connectivity index is 5.07. The zero-order chi connectivity index (χ0) is 25.7. The average molecular weight is 494 g/mol. The van der Waals surface area contributed by atoms with Gasteiger partial charge in [-0.1, -0.05) is 0 Å². The Labute approximate surface area is 194 Å². The van der Waals surface area contributed by atoms with Crippen LogP contribution >= 0.6 is 12.6 Å². The maximum Gasteiger partial charge on any atom is 0.326 e. The number of carboxylic acid groups (broad SMARTS) is 2. The minimum absolute atomic E-state index is 0.103. The smallest absolute Gasteiger partial charge is 0.326 e. The van der Waals surface area contributed by atoms with Crippen LogP contribution in [0.2, 0.25) is 0 Å². The van der Waals surface area contributed by atoms with Crippen molar-refractivity contribution < 1.29 is 39.3 Å². The van der Waals surface area contributed by atoms with Gasteiger partial charge in [-0.25, -0.2) is 4.79 Å². The maximum atomic E-state index is 12.5. The summed E-state index contributed by atoms with van der Waals surface area (Å²) in [5.41, 5.74) is 16.2. The molecule has 0 radical (unpaired) electrons. The second-order valence-corrected chi connectivity index (χ2v) is 7.39. The SMILES string of the molecule is CC(O)C(NC(=O)C(CS)NC(=O)C(N)CCCN=C(N)N)C(=O)NC(CC(=O)O)C(=O)O. The fourth-order valence-electron chi connectivity index (χ4n) is 2.42. The molecule has 0 aliphatic rings. The molecule has 0 aromatic carbocycles. The van der Waals surface area contributed by atoms with E-state index in [0.29, 0.717) is 6.42 Å². The van der Waals surface area contributed by atoms with E-state index in [2.05, 4.69) is 28.3 Å². The number of nitrogens with two attached hydrogens (primary N) is 3. The number of hydrogen-bond acceptors (Lipinski definition) is 9. The molecule has 5 atom stereocenters. The van der Waals surface area contributed by atoms with E-state index in [0.717, 1.165) is 6.92 Å². The van der Waals surface area contributed by atoms with Crippen LogP contribution in [0.5, 0.6) is 0 Å². The lowest BCUT2D eigenvalue weighted by molar-refractivity contribution is -0.147. The molecule has 0 fully saturated rings. The summed E-state index contributed by atoms with van der Waals surface area (Å²) in [5, 5.41) is 34.1. The van der Waals surface area contributed by atoms with Gasteiger partial charge in [-0.2, -0.15) is 12.6 Å². The first kappa shape index (κ1) is 29.9. The highest BCUT2D eigenvalue weighted by atomic mass is 32.1. The minimum Gasteiger partial charge on any atom is -0.481 e. The van der Waals surface area contributed by atoms with E-state index in [1.165, 1.54) is 0 Å². The first-order valence-electron chi connectivity index (χ1n) is 9.75. The maximum absolute atomic E-state index is 12.5. The van der Waals surface area contributed by atoms with Gasteiger partial charge in [0.05, 0.1) is 18.6 Å². The average Bonchev–Trinajstić information content (AvgIpc) is 2.71. The van der Waals surface area contributed by atoms with Crippen molar-refractivity contribution in [2.45, 2.75) is 56.5 Å². The number of hydrogen-bond donors (Lipinski definition) is 10. The number of rotatable bonds is 15. The lowest BCUT2D eigenvalue weighted by atomic mass is 10.1. The van der Waals surface area contributed by atoms with Gasteiger partial charge in [0.15, 0.2) is 5.96 Å². The second-order valence-electron chi connectivity index (χ2n) is 7.02. The van der Waals surface area contributed by atoms with Gasteiger partial charge in [0.2, 0.25) is 17.7 Å². The van der Waals surface area contributed by atoms with Crippen molar-refractivity contribution in [1.82, 2.24) is 16.0 Å². The Bertz CT molecular complexity index is 745. The Morgan fingerprint density at radius 3 is 2.00 bits per heavy atom. The molecule has 0 aromatic heterocycles. The summed E-state index contributed by atoms with van der Waals surface area (Å²) < 4.78 is 0. The molecular formula is C17H31N7O8S. The van der Waals surface area contributed by atoms with Gasteiger partial charge in [0.25, 0.3) is 0 Å². The molecule has 5 unspecified atom stereocenters. The predicted molar refractivity (Wildman–Crippen MR) is 119 cm³/mol. The quantitative estimate of drug-likeness (QED) is 0.0451. The standard InChI is InChI=1S/C17H31N7O8S/c1-7(25)12(15(30)22-9(16(31)32)5-11(26)27)24-14(29)10(6-33)23-13(28)8(18)3-2-4-21-17(19)20/h7-10,12,25,33H,2-6,18H2,1H3,(H,22,30)(H,23,28)(H,24,29)(H,26,27)(H,31,32)(H4,19,20,21). The van der Waals surface area contributed by atoms with Crippen LogP contribution in [0.15, 0.2) is 4.99 Å². The molecule has 33 heavy (non-hydrogen) atoms. The first-order chi connectivity index (χ1) is 15.3. The van der Waals surface area contributed by atoms with E-state index in [4.69, 9.17) is 27.4 Å². The number of carboxylic acids is 2. The summed E-state index contributed by atoms with van der Waals surface area (Å²) in [4.78, 5) is 62.8. The van der Waals surface area contributed by atoms with Crippen molar-refractivity contribution in [1.29, 1.82) is 0 Å². The number of aliphatic carboxylic acids is 2. The van der Waals surface area contributed by atoms with Crippen LogP contribution in [-0.2, 0) is 24.0 Å². The number of thiol groups is 1. The molecule has 0 saturated carbocycles. The molecule has 12 N–H and O–H groups in total. The van der Waals surface area contributed by atoms with Crippen molar-refractivity contribution in [3.05, 3.63) is 0 Å². The van der Waals surface area contributed by atoms with E-state index in [1.54, 1.807) is 0 Å². The third-order valence-corrected chi connectivity index (χ3v) is 4.54. The molecule has 0 saturated heterocycles. The van der Waals surface area contributed by atoms with Crippen molar-refractivity contribution >= 4 is 48.2 Å². The molecule has 0 spiro atoms. The molecule has 0 aliphatic carbocycles. The number of aliphatic hydroxyl groups excluding tert-OH is 1. The van der Waals surface area contributed by atoms with Gasteiger partial charge >= 0.3 is 11.9 Å². The molecule has 0 aromatic rings. The highest BCUT2D eigenvalue weighted by Crippen LogP contribution is 2.02. The van der Waals surface area contributed by atoms with Crippen molar-refractivity contribution in [2.24, 2.45) is 22.2 Å². The number of amides is 3. The van der Waals surface area contributed by atoms with Gasteiger partial charge in [0.1, 0.15) is 18.1 Å². The normalized spacial score (nSPS) is 15.2.